The molecular weight excluding hydrogens is 813 g/mol. The van der Waals surface area contributed by atoms with E-state index < -0.39 is 35.0 Å². The number of nitrogens with two attached hydrogens (primary N) is 1. The van der Waals surface area contributed by atoms with Gasteiger partial charge in [-0.25, -0.2) is 22.8 Å². The van der Waals surface area contributed by atoms with Crippen LogP contribution in [0.15, 0.2) is 59.1 Å². The Morgan fingerprint density at radius 1 is 0.649 bits per heavy atom. The number of nitrogen functional groups attached to an aromatic ring is 1. The zero-order chi connectivity index (χ0) is 42.0. The van der Waals surface area contributed by atoms with E-state index in [0.717, 1.165) is 63.9 Å². The summed E-state index contributed by atoms with van der Waals surface area (Å²) in [5.74, 6) is -1.35. The molecular formula is C40H56BrF3N6O7. The molecule has 5 N–H and O–H groups in total. The van der Waals surface area contributed by atoms with Crippen molar-refractivity contribution < 1.29 is 46.4 Å². The maximum absolute atomic E-state index is 14.1. The van der Waals surface area contributed by atoms with Crippen molar-refractivity contribution in [2.45, 2.75) is 52.7 Å². The van der Waals surface area contributed by atoms with Crippen molar-refractivity contribution >= 4 is 56.6 Å². The summed E-state index contributed by atoms with van der Waals surface area (Å²) in [6, 6.07) is 14.0. The van der Waals surface area contributed by atoms with Gasteiger partial charge in [0, 0.05) is 55.1 Å². The topological polar surface area (TPSA) is 149 Å². The first-order valence-electron chi connectivity index (χ1n) is 18.6. The molecule has 3 aliphatic heterocycles. The highest BCUT2D eigenvalue weighted by atomic mass is 79.9. The Balaban J connectivity index is 0.000000217. The van der Waals surface area contributed by atoms with Crippen LogP contribution >= 0.6 is 15.9 Å². The summed E-state index contributed by atoms with van der Waals surface area (Å²) in [5, 5.41) is 7.91. The molecule has 3 heterocycles. The number of nitrogens with one attached hydrogen (secondary N) is 3. The summed E-state index contributed by atoms with van der Waals surface area (Å²) in [6.07, 6.45) is -1.34. The van der Waals surface area contributed by atoms with Gasteiger partial charge < -0.3 is 44.5 Å². The fraction of sp³-hybridized carbons (Fsp3) is 0.500. The van der Waals surface area contributed by atoms with E-state index in [9.17, 15) is 22.8 Å². The van der Waals surface area contributed by atoms with E-state index in [1.807, 2.05) is 11.0 Å². The van der Waals surface area contributed by atoms with Gasteiger partial charge in [-0.1, -0.05) is 15.9 Å². The number of hydrogen-bond donors (Lipinski definition) is 4. The molecule has 0 spiro atoms. The summed E-state index contributed by atoms with van der Waals surface area (Å²) in [7, 11) is 0. The number of ether oxygens (including phenoxy) is 5. The molecule has 57 heavy (non-hydrogen) atoms. The van der Waals surface area contributed by atoms with E-state index in [1.54, 1.807) is 65.8 Å². The van der Waals surface area contributed by atoms with Gasteiger partial charge in [-0.2, -0.15) is 0 Å². The van der Waals surface area contributed by atoms with Crippen LogP contribution in [0, 0.1) is 17.5 Å². The van der Waals surface area contributed by atoms with Gasteiger partial charge in [-0.15, -0.1) is 0 Å². The molecule has 3 aliphatic rings. The maximum Gasteiger partial charge on any atom is 0.412 e. The zero-order valence-corrected chi connectivity index (χ0v) is 35.1. The monoisotopic (exact) mass is 868 g/mol. The lowest BCUT2D eigenvalue weighted by Crippen LogP contribution is -2.36. The number of benzene rings is 3. The number of hydrogen-bond acceptors (Lipinski definition) is 11. The van der Waals surface area contributed by atoms with Crippen LogP contribution in [0.2, 0.25) is 0 Å². The third kappa shape index (κ3) is 18.7. The molecule has 0 atom stereocenters. The standard InChI is InChI=1S/C15H21FN2O3.C11H13BrFNO2.C10H13FN2O.C4H9NO/c1-15(2,3)21-14(19)17-13-5-4-11(10-12(13)16)18-6-8-20-9-7-18;1-11(2,3)16-10(15)14-9-5-4-7(12)6-8(9)13;11-9-7-8(1-2-10(9)12)13-3-5-14-6-4-13;1-3-6-4-2-5-1/h4-5,10H,6-9H2,1-3H3,(H,17,19);4-6H,1-3H3,(H,14,15);1-2,7H,3-6,12H2;5H,1-4H2. The third-order valence-corrected chi connectivity index (χ3v) is 8.23. The van der Waals surface area contributed by atoms with E-state index in [4.69, 9.17) is 29.4 Å². The molecule has 0 bridgehead atoms. The Labute approximate surface area is 341 Å². The van der Waals surface area contributed by atoms with Crippen LogP contribution in [-0.2, 0) is 23.7 Å². The summed E-state index contributed by atoms with van der Waals surface area (Å²) in [4.78, 5) is 27.1. The number of carbonyl (C=O) groups excluding carboxylic acids is 2. The quantitative estimate of drug-likeness (QED) is 0.191. The highest BCUT2D eigenvalue weighted by Gasteiger charge is 2.20. The minimum atomic E-state index is -0.672. The lowest BCUT2D eigenvalue weighted by atomic mass is 10.2. The van der Waals surface area contributed by atoms with Crippen molar-refractivity contribution in [3.05, 3.63) is 76.5 Å². The molecule has 3 aromatic rings. The van der Waals surface area contributed by atoms with E-state index >= 15 is 0 Å². The highest BCUT2D eigenvalue weighted by Crippen LogP contribution is 2.24. The molecule has 3 fully saturated rings. The lowest BCUT2D eigenvalue weighted by Gasteiger charge is -2.29. The molecule has 13 nitrogen and oxygen atoms in total. The molecule has 2 amide bonds. The minimum Gasteiger partial charge on any atom is -0.444 e. The van der Waals surface area contributed by atoms with Gasteiger partial charge in [0.2, 0.25) is 0 Å². The summed E-state index contributed by atoms with van der Waals surface area (Å²) < 4.78 is 66.8. The third-order valence-electron chi connectivity index (χ3n) is 7.74. The fourth-order valence-electron chi connectivity index (χ4n) is 5.09. The van der Waals surface area contributed by atoms with E-state index in [1.165, 1.54) is 24.3 Å². The number of morpholine rings is 3. The van der Waals surface area contributed by atoms with Gasteiger partial charge in [0.1, 0.15) is 28.7 Å². The van der Waals surface area contributed by atoms with Crippen molar-refractivity contribution in [3.63, 3.8) is 0 Å². The molecule has 3 saturated heterocycles. The predicted octanol–water partition coefficient (Wildman–Crippen LogP) is 7.80. The minimum absolute atomic E-state index is 0.0949. The largest absolute Gasteiger partial charge is 0.444 e. The summed E-state index contributed by atoms with van der Waals surface area (Å²) in [6.45, 7) is 20.1. The molecule has 17 heteroatoms. The average Bonchev–Trinajstić information content (AvgIpc) is 3.15. The van der Waals surface area contributed by atoms with Crippen molar-refractivity contribution in [2.24, 2.45) is 0 Å². The van der Waals surface area contributed by atoms with Crippen LogP contribution in [0.5, 0.6) is 0 Å². The van der Waals surface area contributed by atoms with Gasteiger partial charge >= 0.3 is 12.2 Å². The Kier molecular flexibility index (Phi) is 19.2. The molecule has 0 saturated carbocycles. The second kappa shape index (κ2) is 23.2. The normalized spacial score (nSPS) is 15.6. The van der Waals surface area contributed by atoms with Gasteiger partial charge in [0.15, 0.2) is 0 Å². The van der Waals surface area contributed by atoms with Gasteiger partial charge in [0.05, 0.1) is 56.7 Å². The Hall–Kier alpha value is -4.29. The van der Waals surface area contributed by atoms with E-state index in [2.05, 4.69) is 36.8 Å². The molecule has 6 rings (SSSR count). The van der Waals surface area contributed by atoms with Crippen LogP contribution in [0.3, 0.4) is 0 Å². The van der Waals surface area contributed by atoms with Gasteiger partial charge in [0.25, 0.3) is 0 Å². The Morgan fingerprint density at radius 2 is 1.05 bits per heavy atom. The smallest absolute Gasteiger partial charge is 0.412 e. The van der Waals surface area contributed by atoms with E-state index in [-0.39, 0.29) is 22.9 Å². The molecule has 0 aromatic heterocycles. The Morgan fingerprint density at radius 3 is 1.42 bits per heavy atom. The van der Waals surface area contributed by atoms with Crippen molar-refractivity contribution in [1.82, 2.24) is 5.32 Å². The molecule has 3 aromatic carbocycles. The van der Waals surface area contributed by atoms with Crippen molar-refractivity contribution in [2.75, 3.05) is 105 Å². The van der Waals surface area contributed by atoms with Crippen molar-refractivity contribution in [3.8, 4) is 0 Å². The molecule has 0 aliphatic carbocycles. The lowest BCUT2D eigenvalue weighted by molar-refractivity contribution is 0.0624. The number of nitrogens with zero attached hydrogens (tertiary/aromatic N) is 2. The summed E-state index contributed by atoms with van der Waals surface area (Å²) in [5.41, 5.74) is 6.24. The number of amides is 2. The van der Waals surface area contributed by atoms with E-state index in [0.29, 0.717) is 30.9 Å². The first-order chi connectivity index (χ1) is 26.9. The maximum atomic E-state index is 14.1. The molecule has 0 unspecified atom stereocenters. The average molecular weight is 870 g/mol. The van der Waals surface area contributed by atoms with Crippen LogP contribution in [-0.4, -0.2) is 102 Å². The van der Waals surface area contributed by atoms with Crippen LogP contribution in [0.4, 0.5) is 51.2 Å². The molecule has 316 valence electrons. The number of rotatable bonds is 4. The number of halogens is 4. The Bertz CT molecular complexity index is 1700. The zero-order valence-electron chi connectivity index (χ0n) is 33.5. The first kappa shape index (κ1) is 47.1. The highest BCUT2D eigenvalue weighted by molar-refractivity contribution is 9.10. The van der Waals surface area contributed by atoms with Crippen molar-refractivity contribution in [1.29, 1.82) is 0 Å². The van der Waals surface area contributed by atoms with Gasteiger partial charge in [-0.05, 0) is 96.1 Å². The predicted molar refractivity (Wildman–Crippen MR) is 221 cm³/mol. The van der Waals surface area contributed by atoms with Crippen LogP contribution < -0.4 is 31.5 Å². The van der Waals surface area contributed by atoms with Gasteiger partial charge in [-0.3, -0.25) is 10.6 Å². The summed E-state index contributed by atoms with van der Waals surface area (Å²) >= 11 is 3.13. The fourth-order valence-corrected chi connectivity index (χ4v) is 5.42. The van der Waals surface area contributed by atoms with Crippen LogP contribution in [0.1, 0.15) is 41.5 Å². The number of anilines is 5. The second-order valence-electron chi connectivity index (χ2n) is 14.8. The second-order valence-corrected chi connectivity index (χ2v) is 15.7. The first-order valence-corrected chi connectivity index (χ1v) is 19.4. The number of carbonyl (C=O) groups is 2. The molecule has 0 radical (unpaired) electrons. The SMILES string of the molecule is C1COCCN1.CC(C)(C)OC(=O)Nc1ccc(Br)cc1F.CC(C)(C)OC(=O)Nc1ccc(N2CCOCC2)cc1F.Nc1ccc(N2CCOCC2)cc1F. The van der Waals surface area contributed by atoms with Crippen LogP contribution in [0.25, 0.3) is 0 Å².